The van der Waals surface area contributed by atoms with E-state index in [1.807, 2.05) is 6.92 Å². The summed E-state index contributed by atoms with van der Waals surface area (Å²) >= 11 is 0. The number of likely N-dealkylation sites (tertiary alicyclic amines) is 1. The molecule has 0 radical (unpaired) electrons. The van der Waals surface area contributed by atoms with Crippen LogP contribution in [0, 0.1) is 0 Å². The van der Waals surface area contributed by atoms with Crippen LogP contribution < -0.4 is 10.9 Å². The SMILES string of the molecule is CCCn1nc(C(=O)NC(CN2CCCC2=O)c2cccc(C(F)(F)F)c2)ccc1=O. The van der Waals surface area contributed by atoms with E-state index in [2.05, 4.69) is 10.4 Å². The molecule has 0 aliphatic carbocycles. The van der Waals surface area contributed by atoms with Crippen LogP contribution >= 0.6 is 0 Å². The summed E-state index contributed by atoms with van der Waals surface area (Å²) in [5, 5.41) is 6.73. The molecule has 10 heteroatoms. The van der Waals surface area contributed by atoms with Crippen LogP contribution in [0.3, 0.4) is 0 Å². The van der Waals surface area contributed by atoms with Gasteiger partial charge in [0.1, 0.15) is 5.69 Å². The predicted octanol–water partition coefficient (Wildman–Crippen LogP) is 2.77. The van der Waals surface area contributed by atoms with E-state index >= 15 is 0 Å². The number of carbonyl (C=O) groups is 2. The maximum absolute atomic E-state index is 13.2. The van der Waals surface area contributed by atoms with Gasteiger partial charge in [-0.05, 0) is 36.6 Å². The molecule has 2 aromatic rings. The quantitative estimate of drug-likeness (QED) is 0.724. The first kappa shape index (κ1) is 22.5. The second-order valence-corrected chi connectivity index (χ2v) is 7.37. The summed E-state index contributed by atoms with van der Waals surface area (Å²) in [7, 11) is 0. The van der Waals surface area contributed by atoms with Crippen LogP contribution in [0.25, 0.3) is 0 Å². The molecule has 1 aliphatic heterocycles. The van der Waals surface area contributed by atoms with Crippen LogP contribution in [-0.4, -0.2) is 39.6 Å². The third kappa shape index (κ3) is 5.50. The van der Waals surface area contributed by atoms with Gasteiger partial charge >= 0.3 is 6.18 Å². The molecule has 1 fully saturated rings. The lowest BCUT2D eigenvalue weighted by Crippen LogP contribution is -2.39. The highest BCUT2D eigenvalue weighted by molar-refractivity contribution is 5.92. The number of hydrogen-bond donors (Lipinski definition) is 1. The van der Waals surface area contributed by atoms with Crippen LogP contribution in [0.2, 0.25) is 0 Å². The van der Waals surface area contributed by atoms with Crippen molar-refractivity contribution in [3.63, 3.8) is 0 Å². The van der Waals surface area contributed by atoms with E-state index in [1.54, 1.807) is 0 Å². The molecule has 3 rings (SSSR count). The fourth-order valence-electron chi connectivity index (χ4n) is 3.46. The second-order valence-electron chi connectivity index (χ2n) is 7.37. The van der Waals surface area contributed by atoms with E-state index in [-0.39, 0.29) is 29.3 Å². The smallest absolute Gasteiger partial charge is 0.342 e. The molecule has 166 valence electrons. The molecule has 31 heavy (non-hydrogen) atoms. The van der Waals surface area contributed by atoms with Crippen molar-refractivity contribution in [2.75, 3.05) is 13.1 Å². The van der Waals surface area contributed by atoms with Gasteiger partial charge in [0.05, 0.1) is 11.6 Å². The van der Waals surface area contributed by atoms with E-state index < -0.39 is 23.7 Å². The molecule has 1 aromatic heterocycles. The van der Waals surface area contributed by atoms with Crippen molar-refractivity contribution in [2.24, 2.45) is 0 Å². The summed E-state index contributed by atoms with van der Waals surface area (Å²) in [5.74, 6) is -0.750. The van der Waals surface area contributed by atoms with Crippen molar-refractivity contribution in [1.82, 2.24) is 20.0 Å². The lowest BCUT2D eigenvalue weighted by atomic mass is 10.0. The number of aromatic nitrogens is 2. The van der Waals surface area contributed by atoms with Crippen molar-refractivity contribution < 1.29 is 22.8 Å². The van der Waals surface area contributed by atoms with Gasteiger partial charge in [-0.2, -0.15) is 18.3 Å². The van der Waals surface area contributed by atoms with E-state index in [1.165, 1.54) is 29.2 Å². The predicted molar refractivity (Wildman–Crippen MR) is 106 cm³/mol. The van der Waals surface area contributed by atoms with Crippen LogP contribution in [0.1, 0.15) is 53.8 Å². The highest BCUT2D eigenvalue weighted by Crippen LogP contribution is 2.31. The molecule has 2 heterocycles. The Morgan fingerprint density at radius 1 is 1.23 bits per heavy atom. The number of aryl methyl sites for hydroxylation is 1. The van der Waals surface area contributed by atoms with Gasteiger partial charge < -0.3 is 10.2 Å². The minimum atomic E-state index is -4.54. The first-order valence-electron chi connectivity index (χ1n) is 10.0. The van der Waals surface area contributed by atoms with Crippen LogP contribution in [0.15, 0.2) is 41.2 Å². The lowest BCUT2D eigenvalue weighted by Gasteiger charge is -2.25. The lowest BCUT2D eigenvalue weighted by molar-refractivity contribution is -0.137. The molecule has 1 aromatic carbocycles. The van der Waals surface area contributed by atoms with E-state index in [0.717, 1.165) is 16.8 Å². The highest BCUT2D eigenvalue weighted by Gasteiger charge is 2.32. The Bertz CT molecular complexity index is 1020. The van der Waals surface area contributed by atoms with Gasteiger partial charge in [-0.1, -0.05) is 19.1 Å². The Labute approximate surface area is 176 Å². The molecular formula is C21H23F3N4O3. The first-order valence-corrected chi connectivity index (χ1v) is 10.0. The maximum atomic E-state index is 13.2. The molecule has 1 unspecified atom stereocenters. The molecule has 1 atom stereocenters. The van der Waals surface area contributed by atoms with Crippen molar-refractivity contribution in [1.29, 1.82) is 0 Å². The van der Waals surface area contributed by atoms with E-state index in [9.17, 15) is 27.6 Å². The van der Waals surface area contributed by atoms with Crippen molar-refractivity contribution in [2.45, 2.75) is 44.9 Å². The summed E-state index contributed by atoms with van der Waals surface area (Å²) < 4.78 is 40.7. The number of nitrogens with one attached hydrogen (secondary N) is 1. The Balaban J connectivity index is 1.90. The van der Waals surface area contributed by atoms with Crippen molar-refractivity contribution >= 4 is 11.8 Å². The second kappa shape index (κ2) is 9.32. The fourth-order valence-corrected chi connectivity index (χ4v) is 3.46. The summed E-state index contributed by atoms with van der Waals surface area (Å²) in [6.07, 6.45) is -2.87. The number of hydrogen-bond acceptors (Lipinski definition) is 4. The summed E-state index contributed by atoms with van der Waals surface area (Å²) in [4.78, 5) is 38.2. The van der Waals surface area contributed by atoms with Crippen molar-refractivity contribution in [3.8, 4) is 0 Å². The Kier molecular flexibility index (Phi) is 6.77. The number of halogens is 3. The average molecular weight is 436 g/mol. The number of amides is 2. The molecule has 1 aliphatic rings. The number of benzene rings is 1. The minimum Gasteiger partial charge on any atom is -0.342 e. The molecule has 0 saturated carbocycles. The highest BCUT2D eigenvalue weighted by atomic mass is 19.4. The molecule has 7 nitrogen and oxygen atoms in total. The van der Waals surface area contributed by atoms with Gasteiger partial charge in [-0.15, -0.1) is 0 Å². The van der Waals surface area contributed by atoms with Gasteiger partial charge in [0, 0.05) is 32.1 Å². The topological polar surface area (TPSA) is 84.3 Å². The normalized spacial score (nSPS) is 15.2. The van der Waals surface area contributed by atoms with Crippen molar-refractivity contribution in [3.05, 3.63) is 63.6 Å². The van der Waals surface area contributed by atoms with E-state index in [0.29, 0.717) is 32.4 Å². The maximum Gasteiger partial charge on any atom is 0.416 e. The zero-order valence-electron chi connectivity index (χ0n) is 17.0. The Morgan fingerprint density at radius 2 is 2.00 bits per heavy atom. The largest absolute Gasteiger partial charge is 0.416 e. The first-order chi connectivity index (χ1) is 14.7. The fraction of sp³-hybridized carbons (Fsp3) is 0.429. The number of nitrogens with zero attached hydrogens (tertiary/aromatic N) is 3. The van der Waals surface area contributed by atoms with E-state index in [4.69, 9.17) is 0 Å². The monoisotopic (exact) mass is 436 g/mol. The van der Waals surface area contributed by atoms with Crippen LogP contribution in [-0.2, 0) is 17.5 Å². The molecular weight excluding hydrogens is 413 g/mol. The number of alkyl halides is 3. The van der Waals surface area contributed by atoms with Crippen LogP contribution in [0.4, 0.5) is 13.2 Å². The Hall–Kier alpha value is -3.17. The summed E-state index contributed by atoms with van der Waals surface area (Å²) in [6.45, 7) is 2.71. The third-order valence-corrected chi connectivity index (χ3v) is 5.03. The molecule has 0 spiro atoms. The summed E-state index contributed by atoms with van der Waals surface area (Å²) in [6, 6.07) is 6.29. The standard InChI is InChI=1S/C21H23F3N4O3/c1-2-10-28-19(30)9-8-16(26-28)20(31)25-17(13-27-11-4-7-18(27)29)14-5-3-6-15(12-14)21(22,23)24/h3,5-6,8-9,12,17H,2,4,7,10-11,13H2,1H3,(H,25,31). The molecule has 1 N–H and O–H groups in total. The molecule has 1 saturated heterocycles. The van der Waals surface area contributed by atoms with Gasteiger partial charge in [-0.3, -0.25) is 14.4 Å². The molecule has 2 amide bonds. The van der Waals surface area contributed by atoms with Gasteiger partial charge in [-0.25, -0.2) is 4.68 Å². The molecule has 0 bridgehead atoms. The summed E-state index contributed by atoms with van der Waals surface area (Å²) in [5.41, 5.74) is -0.996. The average Bonchev–Trinajstić information content (AvgIpc) is 3.13. The van der Waals surface area contributed by atoms with Gasteiger partial charge in [0.15, 0.2) is 0 Å². The van der Waals surface area contributed by atoms with Crippen LogP contribution in [0.5, 0.6) is 0 Å². The van der Waals surface area contributed by atoms with Gasteiger partial charge in [0.2, 0.25) is 5.91 Å². The Morgan fingerprint density at radius 3 is 2.65 bits per heavy atom. The van der Waals surface area contributed by atoms with Gasteiger partial charge in [0.25, 0.3) is 11.5 Å². The third-order valence-electron chi connectivity index (χ3n) is 5.03. The zero-order valence-corrected chi connectivity index (χ0v) is 17.0. The number of carbonyl (C=O) groups excluding carboxylic acids is 2. The zero-order chi connectivity index (χ0) is 22.6. The number of rotatable bonds is 7. The minimum absolute atomic E-state index is 0.0298.